The quantitative estimate of drug-likeness (QED) is 0.737. The van der Waals surface area contributed by atoms with Gasteiger partial charge in [0, 0.05) is 6.54 Å². The van der Waals surface area contributed by atoms with Crippen molar-refractivity contribution in [1.29, 1.82) is 0 Å². The summed E-state index contributed by atoms with van der Waals surface area (Å²) in [5, 5.41) is 4.17. The van der Waals surface area contributed by atoms with Crippen LogP contribution in [0, 0.1) is 5.92 Å². The second kappa shape index (κ2) is 5.22. The van der Waals surface area contributed by atoms with Gasteiger partial charge < -0.3 is 0 Å². The minimum Gasteiger partial charge on any atom is -0.298 e. The zero-order valence-electron chi connectivity index (χ0n) is 10.5. The molecule has 0 amide bonds. The van der Waals surface area contributed by atoms with E-state index in [0.29, 0.717) is 25.2 Å². The van der Waals surface area contributed by atoms with E-state index in [2.05, 4.69) is 5.10 Å². The van der Waals surface area contributed by atoms with Crippen molar-refractivity contribution in [3.05, 3.63) is 11.8 Å². The molecule has 1 fully saturated rings. The number of carbonyl (C=O) groups is 1. The number of sulfone groups is 1. The molecule has 5 nitrogen and oxygen atoms in total. The minimum absolute atomic E-state index is 0.0597. The van der Waals surface area contributed by atoms with Crippen LogP contribution in [-0.4, -0.2) is 30.2 Å². The topological polar surface area (TPSA) is 69.0 Å². The summed E-state index contributed by atoms with van der Waals surface area (Å²) < 4.78 is 25.8. The second-order valence-electron chi connectivity index (χ2n) is 4.82. The lowest BCUT2D eigenvalue weighted by Crippen LogP contribution is -2.22. The Morgan fingerprint density at radius 3 is 2.72 bits per heavy atom. The van der Waals surface area contributed by atoms with E-state index in [1.807, 2.05) is 6.92 Å². The summed E-state index contributed by atoms with van der Waals surface area (Å²) >= 11 is 0. The highest BCUT2D eigenvalue weighted by molar-refractivity contribution is 7.91. The Morgan fingerprint density at radius 1 is 1.50 bits per heavy atom. The Balaban J connectivity index is 2.35. The predicted octanol–water partition coefficient (Wildman–Crippen LogP) is 1.68. The van der Waals surface area contributed by atoms with Gasteiger partial charge in [-0.1, -0.05) is 13.3 Å². The zero-order valence-corrected chi connectivity index (χ0v) is 11.3. The molecule has 0 spiro atoms. The number of carbonyl (C=O) groups excluding carboxylic acids is 1. The van der Waals surface area contributed by atoms with Crippen LogP contribution in [0.3, 0.4) is 0 Å². The lowest BCUT2D eigenvalue weighted by molar-refractivity contribution is 0.111. The number of hydrogen-bond acceptors (Lipinski definition) is 4. The maximum atomic E-state index is 12.2. The fourth-order valence-electron chi connectivity index (χ4n) is 2.22. The van der Waals surface area contributed by atoms with Crippen molar-refractivity contribution in [2.75, 3.05) is 5.75 Å². The Kier molecular flexibility index (Phi) is 3.85. The first-order valence-electron chi connectivity index (χ1n) is 6.32. The lowest BCUT2D eigenvalue weighted by Gasteiger charge is -2.25. The largest absolute Gasteiger partial charge is 0.298 e. The fraction of sp³-hybridized carbons (Fsp3) is 0.667. The monoisotopic (exact) mass is 270 g/mol. The van der Waals surface area contributed by atoms with Crippen molar-refractivity contribution in [3.8, 4) is 0 Å². The van der Waals surface area contributed by atoms with Crippen molar-refractivity contribution >= 4 is 16.1 Å². The van der Waals surface area contributed by atoms with Crippen LogP contribution in [0.25, 0.3) is 0 Å². The second-order valence-corrected chi connectivity index (χ2v) is 6.85. The number of hydrogen-bond donors (Lipinski definition) is 0. The van der Waals surface area contributed by atoms with Crippen LogP contribution in [0.4, 0.5) is 0 Å². The number of rotatable bonds is 6. The van der Waals surface area contributed by atoms with Crippen LogP contribution in [-0.2, 0) is 16.4 Å². The fourth-order valence-corrected chi connectivity index (χ4v) is 3.86. The molecule has 0 aromatic carbocycles. The number of nitrogens with zero attached hydrogens (tertiary/aromatic N) is 2. The summed E-state index contributed by atoms with van der Waals surface area (Å²) in [6.45, 7) is 2.41. The maximum Gasteiger partial charge on any atom is 0.196 e. The predicted molar refractivity (Wildman–Crippen MR) is 67.3 cm³/mol. The third-order valence-electron chi connectivity index (χ3n) is 3.37. The Morgan fingerprint density at radius 2 is 2.22 bits per heavy atom. The standard InChI is InChI=1S/C12H18N2O3S/c1-2-6-18(16,17)12-11(9-15)7-13-14(12)8-10-4-3-5-10/h7,9-10H,2-6,8H2,1H3. The summed E-state index contributed by atoms with van der Waals surface area (Å²) in [5.74, 6) is 0.560. The molecule has 0 radical (unpaired) electrons. The average molecular weight is 270 g/mol. The van der Waals surface area contributed by atoms with Crippen LogP contribution in [0.1, 0.15) is 43.0 Å². The third kappa shape index (κ3) is 2.48. The van der Waals surface area contributed by atoms with Crippen molar-refractivity contribution in [2.24, 2.45) is 5.92 Å². The average Bonchev–Trinajstić information content (AvgIpc) is 2.67. The molecule has 0 N–H and O–H groups in total. The van der Waals surface area contributed by atoms with E-state index in [4.69, 9.17) is 0 Å². The van der Waals surface area contributed by atoms with Crippen LogP contribution in [0.15, 0.2) is 11.2 Å². The molecule has 6 heteroatoms. The normalized spacial score (nSPS) is 16.5. The zero-order chi connectivity index (χ0) is 13.2. The molecule has 1 aromatic rings. The van der Waals surface area contributed by atoms with Crippen LogP contribution < -0.4 is 0 Å². The van der Waals surface area contributed by atoms with Gasteiger partial charge in [0.1, 0.15) is 0 Å². The van der Waals surface area contributed by atoms with Gasteiger partial charge in [-0.15, -0.1) is 0 Å². The van der Waals surface area contributed by atoms with Crippen LogP contribution in [0.2, 0.25) is 0 Å². The molecule has 0 aliphatic heterocycles. The Labute approximate surface area is 107 Å². The van der Waals surface area contributed by atoms with Gasteiger partial charge in [-0.05, 0) is 25.2 Å². The van der Waals surface area contributed by atoms with Crippen LogP contribution in [0.5, 0.6) is 0 Å². The first-order chi connectivity index (χ1) is 8.58. The Hall–Kier alpha value is -1.17. The molecule has 1 aromatic heterocycles. The van der Waals surface area contributed by atoms with E-state index in [9.17, 15) is 13.2 Å². The molecule has 1 saturated carbocycles. The van der Waals surface area contributed by atoms with Crippen molar-refractivity contribution < 1.29 is 13.2 Å². The van der Waals surface area contributed by atoms with E-state index >= 15 is 0 Å². The molecular formula is C12H18N2O3S. The van der Waals surface area contributed by atoms with Crippen molar-refractivity contribution in [1.82, 2.24) is 9.78 Å². The molecule has 0 bridgehead atoms. The molecule has 2 rings (SSSR count). The van der Waals surface area contributed by atoms with Gasteiger partial charge >= 0.3 is 0 Å². The summed E-state index contributed by atoms with van der Waals surface area (Å²) in [5.41, 5.74) is 0.183. The van der Waals surface area contributed by atoms with Crippen molar-refractivity contribution in [3.63, 3.8) is 0 Å². The van der Waals surface area contributed by atoms with E-state index in [1.165, 1.54) is 17.3 Å². The van der Waals surface area contributed by atoms with E-state index in [-0.39, 0.29) is 16.3 Å². The van der Waals surface area contributed by atoms with Gasteiger partial charge in [0.15, 0.2) is 21.1 Å². The summed E-state index contributed by atoms with van der Waals surface area (Å²) in [6.07, 6.45) is 5.90. The first kappa shape index (κ1) is 13.3. The van der Waals surface area contributed by atoms with E-state index in [0.717, 1.165) is 12.8 Å². The van der Waals surface area contributed by atoms with Gasteiger partial charge in [0.25, 0.3) is 0 Å². The molecule has 0 unspecified atom stereocenters. The minimum atomic E-state index is -3.40. The van der Waals surface area contributed by atoms with Gasteiger partial charge in [-0.2, -0.15) is 5.10 Å². The highest BCUT2D eigenvalue weighted by atomic mass is 32.2. The van der Waals surface area contributed by atoms with Gasteiger partial charge in [-0.3, -0.25) is 9.48 Å². The number of aromatic nitrogens is 2. The molecule has 1 aliphatic rings. The lowest BCUT2D eigenvalue weighted by atomic mass is 9.85. The highest BCUT2D eigenvalue weighted by Crippen LogP contribution is 2.29. The molecule has 18 heavy (non-hydrogen) atoms. The molecule has 1 heterocycles. The number of aldehydes is 1. The molecule has 0 atom stereocenters. The van der Waals surface area contributed by atoms with Gasteiger partial charge in [0.2, 0.25) is 0 Å². The Bertz CT molecular complexity index is 530. The summed E-state index contributed by atoms with van der Waals surface area (Å²) in [6, 6.07) is 0. The first-order valence-corrected chi connectivity index (χ1v) is 7.97. The molecule has 0 saturated heterocycles. The molecular weight excluding hydrogens is 252 g/mol. The third-order valence-corrected chi connectivity index (χ3v) is 5.35. The summed E-state index contributed by atoms with van der Waals surface area (Å²) in [7, 11) is -3.40. The van der Waals surface area contributed by atoms with Crippen LogP contribution >= 0.6 is 0 Å². The summed E-state index contributed by atoms with van der Waals surface area (Å²) in [4.78, 5) is 10.9. The maximum absolute atomic E-state index is 12.2. The van der Waals surface area contributed by atoms with Gasteiger partial charge in [0.05, 0.1) is 17.5 Å². The molecule has 100 valence electrons. The van der Waals surface area contributed by atoms with E-state index < -0.39 is 9.84 Å². The van der Waals surface area contributed by atoms with Gasteiger partial charge in [-0.25, -0.2) is 8.42 Å². The SMILES string of the molecule is CCCS(=O)(=O)c1c(C=O)cnn1CC1CCC1. The molecule has 1 aliphatic carbocycles. The smallest absolute Gasteiger partial charge is 0.196 e. The van der Waals surface area contributed by atoms with Crippen molar-refractivity contribution in [2.45, 2.75) is 44.2 Å². The highest BCUT2D eigenvalue weighted by Gasteiger charge is 2.26. The van der Waals surface area contributed by atoms with E-state index in [1.54, 1.807) is 0 Å².